The van der Waals surface area contributed by atoms with Crippen LogP contribution in [0.2, 0.25) is 0 Å². The first-order valence-electron chi connectivity index (χ1n) is 11.6. The average Bonchev–Trinajstić information content (AvgIpc) is 3.01. The Balaban J connectivity index is 1.64. The molecule has 4 aliphatic carbocycles. The zero-order valence-electron chi connectivity index (χ0n) is 19.0. The van der Waals surface area contributed by atoms with E-state index in [9.17, 15) is 14.4 Å². The molecule has 0 radical (unpaired) electrons. The van der Waals surface area contributed by atoms with Gasteiger partial charge in [-0.3, -0.25) is 14.4 Å². The maximum absolute atomic E-state index is 12.5. The summed E-state index contributed by atoms with van der Waals surface area (Å²) in [5, 5.41) is 0. The van der Waals surface area contributed by atoms with Crippen LogP contribution in [0.25, 0.3) is 0 Å². The van der Waals surface area contributed by atoms with Crippen LogP contribution in [0.3, 0.4) is 0 Å². The molecule has 3 saturated carbocycles. The Bertz CT molecular complexity index is 784. The smallest absolute Gasteiger partial charge is 0.302 e. The normalized spacial score (nSPS) is 44.8. The molecular weight excluding hydrogens is 380 g/mol. The van der Waals surface area contributed by atoms with Crippen LogP contribution in [0.1, 0.15) is 79.6 Å². The zero-order chi connectivity index (χ0) is 21.8. The fourth-order valence-electron chi connectivity index (χ4n) is 7.98. The standard InChI is InChI=1S/C25H36O5/c1-14(26)20-8-9-21-19-7-6-17-12-18(29-15(2)27)10-11-24(17,4)22(19)13-23(25(20,21)5)30-16(3)28/h8,17-19,21-23H,6-7,9-13H2,1-5H3. The third-order valence-corrected chi connectivity index (χ3v) is 9.30. The van der Waals surface area contributed by atoms with Crippen LogP contribution in [0, 0.1) is 34.5 Å². The van der Waals surface area contributed by atoms with E-state index in [0.29, 0.717) is 23.7 Å². The summed E-state index contributed by atoms with van der Waals surface area (Å²) in [6.45, 7) is 9.20. The predicted octanol–water partition coefficient (Wildman–Crippen LogP) is 4.63. The van der Waals surface area contributed by atoms with Gasteiger partial charge in [-0.2, -0.15) is 0 Å². The third kappa shape index (κ3) is 3.23. The first kappa shape index (κ1) is 21.6. The Morgan fingerprint density at radius 2 is 1.63 bits per heavy atom. The lowest BCUT2D eigenvalue weighted by Crippen LogP contribution is -2.59. The largest absolute Gasteiger partial charge is 0.463 e. The molecule has 0 heterocycles. The lowest BCUT2D eigenvalue weighted by Gasteiger charge is -2.62. The lowest BCUT2D eigenvalue weighted by atomic mass is 9.44. The highest BCUT2D eigenvalue weighted by Gasteiger charge is 2.63. The quantitative estimate of drug-likeness (QED) is 0.628. The molecule has 0 aromatic carbocycles. The highest BCUT2D eigenvalue weighted by atomic mass is 16.5. The number of carbonyl (C=O) groups excluding carboxylic acids is 3. The maximum atomic E-state index is 12.5. The van der Waals surface area contributed by atoms with E-state index in [1.54, 1.807) is 6.92 Å². The summed E-state index contributed by atoms with van der Waals surface area (Å²) in [5.41, 5.74) is 0.651. The van der Waals surface area contributed by atoms with Crippen molar-refractivity contribution in [2.45, 2.75) is 91.8 Å². The molecule has 0 spiro atoms. The number of hydrogen-bond acceptors (Lipinski definition) is 5. The molecule has 8 atom stereocenters. The molecule has 3 fully saturated rings. The molecule has 0 saturated heterocycles. The average molecular weight is 417 g/mol. The first-order chi connectivity index (χ1) is 14.1. The second kappa shape index (κ2) is 7.49. The number of Topliss-reactive ketones (excluding diaryl/α,β-unsaturated/α-hetero) is 1. The van der Waals surface area contributed by atoms with Crippen LogP contribution < -0.4 is 0 Å². The monoisotopic (exact) mass is 416 g/mol. The van der Waals surface area contributed by atoms with Crippen molar-refractivity contribution in [3.8, 4) is 0 Å². The molecule has 0 aromatic rings. The van der Waals surface area contributed by atoms with E-state index in [1.165, 1.54) is 13.8 Å². The van der Waals surface area contributed by atoms with E-state index >= 15 is 0 Å². The minimum Gasteiger partial charge on any atom is -0.463 e. The van der Waals surface area contributed by atoms with Gasteiger partial charge in [0.15, 0.2) is 5.78 Å². The minimum absolute atomic E-state index is 0.0349. The van der Waals surface area contributed by atoms with Crippen molar-refractivity contribution in [2.75, 3.05) is 0 Å². The number of carbonyl (C=O) groups is 3. The minimum atomic E-state index is -0.378. The molecule has 30 heavy (non-hydrogen) atoms. The molecule has 4 rings (SSSR count). The molecule has 4 aliphatic rings. The molecule has 0 N–H and O–H groups in total. The Morgan fingerprint density at radius 1 is 0.933 bits per heavy atom. The topological polar surface area (TPSA) is 69.7 Å². The highest BCUT2D eigenvalue weighted by molar-refractivity contribution is 5.95. The summed E-state index contributed by atoms with van der Waals surface area (Å²) in [5.74, 6) is 1.55. The van der Waals surface area contributed by atoms with Crippen LogP contribution >= 0.6 is 0 Å². The maximum Gasteiger partial charge on any atom is 0.302 e. The number of hydrogen-bond donors (Lipinski definition) is 0. The van der Waals surface area contributed by atoms with Gasteiger partial charge in [0.1, 0.15) is 12.2 Å². The molecule has 0 aliphatic heterocycles. The van der Waals surface area contributed by atoms with E-state index in [-0.39, 0.29) is 40.8 Å². The van der Waals surface area contributed by atoms with Gasteiger partial charge in [0.2, 0.25) is 0 Å². The van der Waals surface area contributed by atoms with Gasteiger partial charge < -0.3 is 9.47 Å². The van der Waals surface area contributed by atoms with Crippen LogP contribution in [0.15, 0.2) is 11.6 Å². The Labute approximate surface area is 179 Å². The molecule has 0 aromatic heterocycles. The summed E-state index contributed by atoms with van der Waals surface area (Å²) in [6, 6.07) is 0. The summed E-state index contributed by atoms with van der Waals surface area (Å²) < 4.78 is 11.5. The van der Waals surface area contributed by atoms with Crippen molar-refractivity contribution < 1.29 is 23.9 Å². The van der Waals surface area contributed by atoms with Gasteiger partial charge in [0, 0.05) is 24.8 Å². The Morgan fingerprint density at radius 3 is 2.27 bits per heavy atom. The van der Waals surface area contributed by atoms with Gasteiger partial charge in [0.05, 0.1) is 0 Å². The van der Waals surface area contributed by atoms with Gasteiger partial charge in [-0.25, -0.2) is 0 Å². The zero-order valence-corrected chi connectivity index (χ0v) is 19.0. The van der Waals surface area contributed by atoms with Gasteiger partial charge in [-0.05, 0) is 81.0 Å². The van der Waals surface area contributed by atoms with Gasteiger partial charge >= 0.3 is 11.9 Å². The number of ether oxygens (including phenoxy) is 2. The first-order valence-corrected chi connectivity index (χ1v) is 11.6. The SMILES string of the molecule is CC(=O)OC1CCC2(C)C(CCC3C2CC(OC(C)=O)C2(C)C(C(C)=O)=CCC32)C1. The molecule has 8 unspecified atom stereocenters. The van der Waals surface area contributed by atoms with Crippen LogP contribution in [-0.2, 0) is 23.9 Å². The highest BCUT2D eigenvalue weighted by Crippen LogP contribution is 2.67. The molecule has 5 nitrogen and oxygen atoms in total. The predicted molar refractivity (Wildman–Crippen MR) is 112 cm³/mol. The van der Waals surface area contributed by atoms with Crippen molar-refractivity contribution >= 4 is 17.7 Å². The van der Waals surface area contributed by atoms with Gasteiger partial charge in [-0.1, -0.05) is 19.9 Å². The Hall–Kier alpha value is -1.65. The van der Waals surface area contributed by atoms with Crippen molar-refractivity contribution in [2.24, 2.45) is 34.5 Å². The van der Waals surface area contributed by atoms with Crippen molar-refractivity contribution in [3.05, 3.63) is 11.6 Å². The third-order valence-electron chi connectivity index (χ3n) is 9.30. The molecule has 5 heteroatoms. The second-order valence-electron chi connectivity index (χ2n) is 10.7. The number of ketones is 1. The summed E-state index contributed by atoms with van der Waals surface area (Å²) in [6.07, 6.45) is 8.82. The fraction of sp³-hybridized carbons (Fsp3) is 0.800. The van der Waals surface area contributed by atoms with Crippen molar-refractivity contribution in [3.63, 3.8) is 0 Å². The van der Waals surface area contributed by atoms with Crippen LogP contribution in [0.4, 0.5) is 0 Å². The van der Waals surface area contributed by atoms with E-state index in [2.05, 4.69) is 19.9 Å². The Kier molecular flexibility index (Phi) is 5.39. The summed E-state index contributed by atoms with van der Waals surface area (Å²) >= 11 is 0. The number of esters is 2. The molecule has 0 bridgehead atoms. The molecule has 166 valence electrons. The van der Waals surface area contributed by atoms with E-state index in [4.69, 9.17) is 9.47 Å². The van der Waals surface area contributed by atoms with Crippen LogP contribution in [-0.4, -0.2) is 29.9 Å². The number of rotatable bonds is 3. The lowest BCUT2D eigenvalue weighted by molar-refractivity contribution is -0.185. The van der Waals surface area contributed by atoms with E-state index < -0.39 is 0 Å². The number of fused-ring (bicyclic) bond motifs is 5. The molecular formula is C25H36O5. The van der Waals surface area contributed by atoms with Gasteiger partial charge in [-0.15, -0.1) is 0 Å². The number of allylic oxidation sites excluding steroid dienone is 1. The second-order valence-corrected chi connectivity index (χ2v) is 10.7. The molecule has 0 amide bonds. The van der Waals surface area contributed by atoms with E-state index in [1.807, 2.05) is 0 Å². The summed E-state index contributed by atoms with van der Waals surface area (Å²) in [7, 11) is 0. The van der Waals surface area contributed by atoms with Crippen molar-refractivity contribution in [1.29, 1.82) is 0 Å². The van der Waals surface area contributed by atoms with E-state index in [0.717, 1.165) is 50.5 Å². The van der Waals surface area contributed by atoms with Crippen molar-refractivity contribution in [1.82, 2.24) is 0 Å². The fourth-order valence-corrected chi connectivity index (χ4v) is 7.98. The van der Waals surface area contributed by atoms with Crippen LogP contribution in [0.5, 0.6) is 0 Å². The van der Waals surface area contributed by atoms with Gasteiger partial charge in [0.25, 0.3) is 0 Å². The summed E-state index contributed by atoms with van der Waals surface area (Å²) in [4.78, 5) is 35.9.